The number of alkyl halides is 7. The molecule has 0 unspecified atom stereocenters. The number of amides is 2. The maximum atomic E-state index is 13.1. The first-order chi connectivity index (χ1) is 29.9. The zero-order chi connectivity index (χ0) is 50.2. The van der Waals surface area contributed by atoms with E-state index < -0.39 is 130 Å². The third kappa shape index (κ3) is 14.2. The predicted octanol–water partition coefficient (Wildman–Crippen LogP) is 8.50. The molecule has 4 aromatic rings. The molecule has 19 heteroatoms. The predicted molar refractivity (Wildman–Crippen MR) is 197 cm³/mol. The van der Waals surface area contributed by atoms with Crippen LogP contribution in [0.5, 0.6) is 11.5 Å². The molecule has 0 saturated carbocycles. The summed E-state index contributed by atoms with van der Waals surface area (Å²) in [5.41, 5.74) is -9.12. The summed E-state index contributed by atoms with van der Waals surface area (Å²) in [5, 5.41) is 50.7. The number of carbonyl (C=O) groups excluding carboxylic acids is 2. The molecular weight excluding hydrogens is 830 g/mol. The SMILES string of the molecule is [2H]c1c([2H])c(C#N)c([2H])c([2H])c1O.[2H]c1c([2H])c(OC[C@](C)(O)C(=O)Nc2ccc([N+]#[C-])c(C(F)(F)F)c2)c([2H])c([2H])c1C#N.[C-]#[N+]c1ccc(NC(=O)[C@@](C)(O)CBr)cc1C(F)(F)F. The average Bonchev–Trinajstić information content (AvgIpc) is 3.24. The Morgan fingerprint density at radius 3 is 1.51 bits per heavy atom. The topological polar surface area (TPSA) is 184 Å². The van der Waals surface area contributed by atoms with E-state index in [0.29, 0.717) is 12.1 Å². The molecule has 2 atom stereocenters. The Labute approximate surface area is 341 Å². The van der Waals surface area contributed by atoms with Crippen molar-refractivity contribution in [2.24, 2.45) is 0 Å². The third-order valence-corrected chi connectivity index (χ3v) is 7.63. The molecule has 0 saturated heterocycles. The van der Waals surface area contributed by atoms with Crippen LogP contribution in [0.4, 0.5) is 49.1 Å². The second-order valence-electron chi connectivity index (χ2n) is 11.2. The minimum absolute atomic E-state index is 0.0713. The molecule has 0 heterocycles. The van der Waals surface area contributed by atoms with Gasteiger partial charge in [0.1, 0.15) is 23.7 Å². The van der Waals surface area contributed by atoms with Crippen molar-refractivity contribution in [3.63, 3.8) is 0 Å². The summed E-state index contributed by atoms with van der Waals surface area (Å²) < 4.78 is 142. The maximum absolute atomic E-state index is 13.1. The zero-order valence-electron chi connectivity index (χ0n) is 36.9. The summed E-state index contributed by atoms with van der Waals surface area (Å²) in [6.45, 7) is 14.8. The molecule has 4 rings (SSSR count). The van der Waals surface area contributed by atoms with Crippen molar-refractivity contribution in [1.82, 2.24) is 0 Å². The number of nitrogens with one attached hydrogen (secondary N) is 2. The van der Waals surface area contributed by atoms with Gasteiger partial charge in [-0.2, -0.15) is 36.9 Å². The van der Waals surface area contributed by atoms with Gasteiger partial charge in [-0.15, -0.1) is 0 Å². The number of hydrogen-bond acceptors (Lipinski definition) is 8. The highest BCUT2D eigenvalue weighted by Gasteiger charge is 2.36. The van der Waals surface area contributed by atoms with Gasteiger partial charge in [0.15, 0.2) is 17.0 Å². The number of phenols is 1. The van der Waals surface area contributed by atoms with Crippen LogP contribution in [-0.4, -0.2) is 50.3 Å². The average molecular weight is 868 g/mol. The number of aliphatic hydroxyl groups is 2. The van der Waals surface area contributed by atoms with E-state index in [4.69, 9.17) is 44.5 Å². The van der Waals surface area contributed by atoms with Crippen LogP contribution in [0.3, 0.4) is 0 Å². The minimum Gasteiger partial charge on any atom is -0.508 e. The molecule has 0 spiro atoms. The van der Waals surface area contributed by atoms with Crippen molar-refractivity contribution in [3.8, 4) is 23.6 Å². The summed E-state index contributed by atoms with van der Waals surface area (Å²) >= 11 is 2.92. The largest absolute Gasteiger partial charge is 0.508 e. The van der Waals surface area contributed by atoms with Gasteiger partial charge >= 0.3 is 12.4 Å². The van der Waals surface area contributed by atoms with E-state index in [-0.39, 0.29) is 22.3 Å². The number of ether oxygens (including phenoxy) is 1. The highest BCUT2D eigenvalue weighted by Crippen LogP contribution is 2.39. The molecule has 0 aliphatic carbocycles. The Hall–Kier alpha value is -6.64. The fourth-order valence-electron chi connectivity index (χ4n) is 3.54. The molecule has 0 bridgehead atoms. The van der Waals surface area contributed by atoms with Crippen LogP contribution in [0.2, 0.25) is 0 Å². The van der Waals surface area contributed by atoms with E-state index in [0.717, 1.165) is 25.1 Å². The van der Waals surface area contributed by atoms with Crippen molar-refractivity contribution in [1.29, 1.82) is 10.5 Å². The van der Waals surface area contributed by atoms with Gasteiger partial charge in [-0.25, -0.2) is 9.69 Å². The lowest BCUT2D eigenvalue weighted by molar-refractivity contribution is -0.137. The van der Waals surface area contributed by atoms with E-state index in [1.54, 1.807) is 6.07 Å². The first kappa shape index (κ1) is 34.8. The molecule has 0 aliphatic heterocycles. The Balaban J connectivity index is 0.000000373. The Morgan fingerprint density at radius 1 is 0.772 bits per heavy atom. The summed E-state index contributed by atoms with van der Waals surface area (Å²) in [6, 6.07) is 3.36. The molecule has 296 valence electrons. The lowest BCUT2D eigenvalue weighted by Gasteiger charge is -2.23. The third-order valence-electron chi connectivity index (χ3n) is 6.53. The van der Waals surface area contributed by atoms with Crippen LogP contribution in [0.1, 0.15) is 47.1 Å². The molecule has 57 heavy (non-hydrogen) atoms. The van der Waals surface area contributed by atoms with Crippen LogP contribution in [0, 0.1) is 35.8 Å². The van der Waals surface area contributed by atoms with E-state index >= 15 is 0 Å². The maximum Gasteiger partial charge on any atom is 0.407 e. The van der Waals surface area contributed by atoms with Crippen molar-refractivity contribution in [2.45, 2.75) is 37.4 Å². The number of halogens is 7. The first-order valence-corrected chi connectivity index (χ1v) is 16.1. The monoisotopic (exact) mass is 866 g/mol. The highest BCUT2D eigenvalue weighted by atomic mass is 79.9. The van der Waals surface area contributed by atoms with E-state index in [9.17, 15) is 46.1 Å². The zero-order valence-corrected chi connectivity index (χ0v) is 30.5. The Morgan fingerprint density at radius 2 is 1.16 bits per heavy atom. The summed E-state index contributed by atoms with van der Waals surface area (Å²) in [7, 11) is 0. The molecule has 0 fully saturated rings. The fraction of sp³-hybridized carbons (Fsp3) is 0.211. The van der Waals surface area contributed by atoms with Crippen molar-refractivity contribution >= 4 is 50.5 Å². The molecule has 5 N–H and O–H groups in total. The number of rotatable bonds is 8. The standard InChI is InChI=1S/C19H14F3N3O3.C12H10BrF3N2O2.C7H5NO/c1-18(27,11-28-14-6-3-12(10-23)4-7-14)17(26)25-13-5-8-16(24-2)15(9-13)19(20,21)22;1-11(20,6-13)10(19)18-7-3-4-9(17-2)8(5-7)12(14,15)16;8-5-6-1-3-7(9)4-2-6/h3-9,27H,11H2,1H3,(H,25,26);3-5,20H,6H2,1H3,(H,18,19);1-4,9H/t18-;11-;/m00./s1/i3D,4D,6D,7D;;1D,2D,3D,4D. The van der Waals surface area contributed by atoms with Crippen LogP contribution in [0.15, 0.2) is 84.7 Å². The highest BCUT2D eigenvalue weighted by molar-refractivity contribution is 9.09. The van der Waals surface area contributed by atoms with E-state index in [1.165, 1.54) is 19.1 Å². The minimum atomic E-state index is -4.85. The fourth-order valence-corrected chi connectivity index (χ4v) is 3.79. The van der Waals surface area contributed by atoms with E-state index in [2.05, 4.69) is 36.3 Å². The quantitative estimate of drug-likeness (QED) is 0.0663. The molecule has 2 amide bonds. The number of nitriles is 2. The van der Waals surface area contributed by atoms with Gasteiger partial charge in [0.05, 0.1) is 58.5 Å². The molecule has 0 aliphatic rings. The number of benzene rings is 4. The summed E-state index contributed by atoms with van der Waals surface area (Å²) in [6.07, 6.45) is -9.54. The van der Waals surface area contributed by atoms with Crippen molar-refractivity contribution in [2.75, 3.05) is 22.6 Å². The van der Waals surface area contributed by atoms with Crippen LogP contribution in [-0.2, 0) is 21.9 Å². The van der Waals surface area contributed by atoms with Crippen LogP contribution >= 0.6 is 15.9 Å². The lowest BCUT2D eigenvalue weighted by atomic mass is 10.1. The van der Waals surface area contributed by atoms with Gasteiger partial charge in [0.2, 0.25) is 0 Å². The van der Waals surface area contributed by atoms with Crippen molar-refractivity contribution in [3.05, 3.63) is 130 Å². The van der Waals surface area contributed by atoms with Crippen molar-refractivity contribution < 1.29 is 67.0 Å². The van der Waals surface area contributed by atoms with Gasteiger partial charge in [0, 0.05) is 16.7 Å². The van der Waals surface area contributed by atoms with Gasteiger partial charge in [-0.1, -0.05) is 28.1 Å². The Bertz CT molecular complexity index is 2640. The van der Waals surface area contributed by atoms with Gasteiger partial charge in [-0.3, -0.25) is 9.59 Å². The van der Waals surface area contributed by atoms with Gasteiger partial charge in [-0.05, 0) is 86.5 Å². The number of nitrogens with zero attached hydrogens (tertiary/aromatic N) is 4. The second kappa shape index (κ2) is 19.8. The summed E-state index contributed by atoms with van der Waals surface area (Å²) in [4.78, 5) is 29.6. The number of hydrogen-bond donors (Lipinski definition) is 5. The van der Waals surface area contributed by atoms with Crippen LogP contribution < -0.4 is 15.4 Å². The normalized spacial score (nSPS) is 14.6. The molecular formula is C38H29BrF6N6O6. The molecule has 12 nitrogen and oxygen atoms in total. The lowest BCUT2D eigenvalue weighted by Crippen LogP contribution is -2.45. The number of anilines is 2. The summed E-state index contributed by atoms with van der Waals surface area (Å²) in [5.74, 6) is -3.38. The molecule has 0 radical (unpaired) electrons. The number of phenolic OH excluding ortho intramolecular Hbond substituents is 1. The Kier molecular flexibility index (Phi) is 12.1. The number of carbonyl (C=O) groups is 2. The van der Waals surface area contributed by atoms with Gasteiger partial charge in [0.25, 0.3) is 11.8 Å². The molecule has 0 aromatic heterocycles. The van der Waals surface area contributed by atoms with Crippen LogP contribution in [0.25, 0.3) is 9.69 Å². The number of aromatic hydroxyl groups is 1. The second-order valence-corrected chi connectivity index (χ2v) is 11.8. The molecule has 4 aromatic carbocycles. The first-order valence-electron chi connectivity index (χ1n) is 19.0. The van der Waals surface area contributed by atoms with Gasteiger partial charge < -0.3 is 30.7 Å². The van der Waals surface area contributed by atoms with E-state index in [1.807, 2.05) is 0 Å². The smallest absolute Gasteiger partial charge is 0.407 e.